The van der Waals surface area contributed by atoms with Crippen molar-refractivity contribution in [3.63, 3.8) is 0 Å². The Morgan fingerprint density at radius 1 is 1.07 bits per heavy atom. The second kappa shape index (κ2) is 10.0. The number of carbonyl (C=O) groups is 4. The molecule has 3 atom stereocenters. The van der Waals surface area contributed by atoms with E-state index in [-0.39, 0.29) is 23.4 Å². The molecule has 1 aromatic heterocycles. The van der Waals surface area contributed by atoms with Gasteiger partial charge in [-0.05, 0) is 41.5 Å². The van der Waals surface area contributed by atoms with E-state index < -0.39 is 41.9 Å². The summed E-state index contributed by atoms with van der Waals surface area (Å²) in [5, 5.41) is 13.2. The Hall–Kier alpha value is -4.28. The topological polar surface area (TPSA) is 123 Å². The largest absolute Gasteiger partial charge is 0.480 e. The number of carboxylic acids is 1. The lowest BCUT2D eigenvalue weighted by atomic mass is 9.89. The number of aromatic amines is 1. The Kier molecular flexibility index (Phi) is 6.52. The van der Waals surface area contributed by atoms with E-state index >= 15 is 0 Å². The van der Waals surface area contributed by atoms with Crippen LogP contribution in [0.4, 0.5) is 10.5 Å². The van der Waals surface area contributed by atoms with Gasteiger partial charge in [-0.3, -0.25) is 14.5 Å². The average molecular weight is 575 g/mol. The molecule has 1 saturated heterocycles. The van der Waals surface area contributed by atoms with Crippen LogP contribution < -0.4 is 10.2 Å². The number of rotatable bonds is 6. The van der Waals surface area contributed by atoms with Gasteiger partial charge in [0.2, 0.25) is 0 Å². The number of thiol groups is 1. The van der Waals surface area contributed by atoms with Gasteiger partial charge in [0.15, 0.2) is 0 Å². The highest BCUT2D eigenvalue weighted by molar-refractivity contribution is 7.80. The number of halogens is 1. The molecule has 0 radical (unpaired) electrons. The predicted octanol–water partition coefficient (Wildman–Crippen LogP) is 4.42. The molecule has 40 heavy (non-hydrogen) atoms. The maximum absolute atomic E-state index is 14.2. The summed E-state index contributed by atoms with van der Waals surface area (Å²) in [5.74, 6) is -2.58. The maximum Gasteiger partial charge on any atom is 0.332 e. The van der Waals surface area contributed by atoms with Crippen LogP contribution in [0.3, 0.4) is 0 Å². The zero-order valence-corrected chi connectivity index (χ0v) is 22.5. The molecule has 0 saturated carbocycles. The summed E-state index contributed by atoms with van der Waals surface area (Å²) in [4.78, 5) is 58.8. The van der Waals surface area contributed by atoms with E-state index in [0.717, 1.165) is 32.6 Å². The monoisotopic (exact) mass is 574 g/mol. The van der Waals surface area contributed by atoms with Crippen LogP contribution in [0, 0.1) is 0 Å². The fourth-order valence-corrected chi connectivity index (χ4v) is 6.05. The second-order valence-corrected chi connectivity index (χ2v) is 10.5. The van der Waals surface area contributed by atoms with Crippen LogP contribution in [-0.4, -0.2) is 56.6 Å². The van der Waals surface area contributed by atoms with Crippen molar-refractivity contribution >= 4 is 64.6 Å². The number of aliphatic carboxylic acids is 1. The van der Waals surface area contributed by atoms with Gasteiger partial charge in [0.25, 0.3) is 11.8 Å². The molecular formula is C29H23ClN4O5S. The molecule has 0 spiro atoms. The van der Waals surface area contributed by atoms with Crippen LogP contribution >= 0.6 is 24.2 Å². The number of aromatic nitrogens is 1. The predicted molar refractivity (Wildman–Crippen MR) is 153 cm³/mol. The van der Waals surface area contributed by atoms with Crippen LogP contribution in [0.25, 0.3) is 10.9 Å². The van der Waals surface area contributed by atoms with Gasteiger partial charge in [-0.15, -0.1) is 0 Å². The van der Waals surface area contributed by atoms with Crippen molar-refractivity contribution in [3.8, 4) is 0 Å². The van der Waals surface area contributed by atoms with Gasteiger partial charge < -0.3 is 15.4 Å². The summed E-state index contributed by atoms with van der Waals surface area (Å²) in [6.45, 7) is 0. The first-order chi connectivity index (χ1) is 19.3. The SMILES string of the molecule is O=C(N[C@@H](CS)C(=O)O)c1ccccc1N1C(=O)[C@@H]2Cc3c([nH]c4ccccc34)[C@@H](c3cccc(Cl)c3)N2C1=O. The lowest BCUT2D eigenvalue weighted by Crippen LogP contribution is -2.44. The van der Waals surface area contributed by atoms with Gasteiger partial charge >= 0.3 is 12.0 Å². The molecule has 6 rings (SSSR count). The third-order valence-electron chi connectivity index (χ3n) is 7.39. The molecule has 3 N–H and O–H groups in total. The molecule has 0 aliphatic carbocycles. The van der Waals surface area contributed by atoms with Crippen molar-refractivity contribution < 1.29 is 24.3 Å². The summed E-state index contributed by atoms with van der Waals surface area (Å²) in [6.07, 6.45) is 0.284. The smallest absolute Gasteiger partial charge is 0.332 e. The first-order valence-corrected chi connectivity index (χ1v) is 13.6. The van der Waals surface area contributed by atoms with E-state index in [4.69, 9.17) is 11.6 Å². The number of carboxylic acid groups (broad SMARTS) is 1. The Balaban J connectivity index is 1.46. The summed E-state index contributed by atoms with van der Waals surface area (Å²) >= 11 is 10.4. The lowest BCUT2D eigenvalue weighted by molar-refractivity contribution is -0.138. The molecule has 9 nitrogen and oxygen atoms in total. The van der Waals surface area contributed by atoms with Gasteiger partial charge in [-0.1, -0.05) is 54.1 Å². The number of amides is 4. The fourth-order valence-electron chi connectivity index (χ4n) is 5.60. The first kappa shape index (κ1) is 26.0. The highest BCUT2D eigenvalue weighted by Gasteiger charge is 2.53. The van der Waals surface area contributed by atoms with Crippen LogP contribution in [0.15, 0.2) is 72.8 Å². The zero-order valence-electron chi connectivity index (χ0n) is 20.9. The normalized spacial score (nSPS) is 18.9. The van der Waals surface area contributed by atoms with Gasteiger partial charge in [0.1, 0.15) is 18.1 Å². The maximum atomic E-state index is 14.2. The molecule has 202 valence electrons. The molecule has 4 amide bonds. The standard InChI is InChI=1S/C29H23ClN4O5S/c30-16-7-5-6-15(12-16)25-24-19(17-8-1-3-10-20(17)31-24)13-23-27(36)34(29(39)33(23)25)22-11-4-2-9-18(22)26(35)32-21(14-40)28(37)38/h1-12,21,23,25,31,40H,13-14H2,(H,32,35)(H,37,38)/t21-,23-,25+/m0/s1. The summed E-state index contributed by atoms with van der Waals surface area (Å²) in [5.41, 5.74) is 3.45. The van der Waals surface area contributed by atoms with Crippen molar-refractivity contribution in [2.24, 2.45) is 0 Å². The Labute approximate surface area is 239 Å². The Bertz CT molecular complexity index is 1700. The minimum absolute atomic E-state index is 0.000330. The van der Waals surface area contributed by atoms with Crippen molar-refractivity contribution in [1.82, 2.24) is 15.2 Å². The van der Waals surface area contributed by atoms with Crippen LogP contribution in [0.2, 0.25) is 5.02 Å². The summed E-state index contributed by atoms with van der Waals surface area (Å²) in [6, 6.07) is 17.8. The van der Waals surface area contributed by atoms with Crippen LogP contribution in [0.5, 0.6) is 0 Å². The molecule has 2 aliphatic rings. The third kappa shape index (κ3) is 4.11. The first-order valence-electron chi connectivity index (χ1n) is 12.5. The minimum Gasteiger partial charge on any atom is -0.480 e. The average Bonchev–Trinajstić information content (AvgIpc) is 3.44. The molecule has 4 aromatic rings. The number of carbonyl (C=O) groups excluding carboxylic acids is 3. The summed E-state index contributed by atoms with van der Waals surface area (Å²) in [7, 11) is 0. The minimum atomic E-state index is -1.25. The lowest BCUT2D eigenvalue weighted by Gasteiger charge is -2.36. The Morgan fingerprint density at radius 2 is 1.82 bits per heavy atom. The number of para-hydroxylation sites is 2. The van der Waals surface area contributed by atoms with Crippen molar-refractivity contribution in [2.75, 3.05) is 10.7 Å². The molecule has 1 fully saturated rings. The van der Waals surface area contributed by atoms with E-state index in [1.165, 1.54) is 17.0 Å². The molecule has 0 bridgehead atoms. The van der Waals surface area contributed by atoms with Crippen LogP contribution in [-0.2, 0) is 16.0 Å². The number of anilines is 1. The summed E-state index contributed by atoms with van der Waals surface area (Å²) < 4.78 is 0. The van der Waals surface area contributed by atoms with Crippen molar-refractivity contribution in [3.05, 3.63) is 100 Å². The number of imide groups is 1. The molecule has 3 aromatic carbocycles. The van der Waals surface area contributed by atoms with Crippen molar-refractivity contribution in [2.45, 2.75) is 24.5 Å². The van der Waals surface area contributed by atoms with Crippen LogP contribution in [0.1, 0.15) is 33.2 Å². The van der Waals surface area contributed by atoms with Gasteiger partial charge in [0.05, 0.1) is 11.3 Å². The molecule has 2 aliphatic heterocycles. The van der Waals surface area contributed by atoms with E-state index in [0.29, 0.717) is 5.02 Å². The van der Waals surface area contributed by atoms with E-state index in [1.54, 1.807) is 30.3 Å². The number of hydrogen-bond donors (Lipinski definition) is 4. The van der Waals surface area contributed by atoms with Crippen molar-refractivity contribution in [1.29, 1.82) is 0 Å². The third-order valence-corrected chi connectivity index (χ3v) is 7.99. The molecule has 0 unspecified atom stereocenters. The van der Waals surface area contributed by atoms with Gasteiger partial charge in [0, 0.05) is 33.8 Å². The number of H-pyrrole nitrogens is 1. The number of nitrogens with one attached hydrogen (secondary N) is 2. The molecular weight excluding hydrogens is 552 g/mol. The Morgan fingerprint density at radius 3 is 2.58 bits per heavy atom. The number of hydrogen-bond acceptors (Lipinski definition) is 5. The van der Waals surface area contributed by atoms with Gasteiger partial charge in [-0.2, -0.15) is 12.6 Å². The van der Waals surface area contributed by atoms with Gasteiger partial charge in [-0.25, -0.2) is 14.5 Å². The van der Waals surface area contributed by atoms with E-state index in [2.05, 4.69) is 22.9 Å². The quantitative estimate of drug-likeness (QED) is 0.201. The number of urea groups is 1. The fraction of sp³-hybridized carbons (Fsp3) is 0.172. The number of nitrogens with zero attached hydrogens (tertiary/aromatic N) is 2. The second-order valence-electron chi connectivity index (χ2n) is 9.67. The number of fused-ring (bicyclic) bond motifs is 4. The van der Waals surface area contributed by atoms with E-state index in [1.807, 2.05) is 30.3 Å². The molecule has 11 heteroatoms. The van der Waals surface area contributed by atoms with E-state index in [9.17, 15) is 24.3 Å². The highest BCUT2D eigenvalue weighted by Crippen LogP contribution is 2.45. The highest BCUT2D eigenvalue weighted by atomic mass is 35.5. The zero-order chi connectivity index (χ0) is 28.1. The number of benzene rings is 3. The molecule has 3 heterocycles.